The van der Waals surface area contributed by atoms with Gasteiger partial charge >= 0.3 is 0 Å². The van der Waals surface area contributed by atoms with Crippen LogP contribution in [0.5, 0.6) is 0 Å². The number of para-hydroxylation sites is 2. The number of amides is 1. The molecule has 3 aromatic carbocycles. The van der Waals surface area contributed by atoms with Gasteiger partial charge in [0.05, 0.1) is 11.0 Å². The van der Waals surface area contributed by atoms with Gasteiger partial charge in [0.15, 0.2) is 5.82 Å². The molecule has 5 nitrogen and oxygen atoms in total. The summed E-state index contributed by atoms with van der Waals surface area (Å²) >= 11 is 5.95. The van der Waals surface area contributed by atoms with Crippen molar-refractivity contribution in [2.45, 2.75) is 27.3 Å². The molecule has 0 saturated carbocycles. The van der Waals surface area contributed by atoms with Gasteiger partial charge in [0.25, 0.3) is 0 Å². The quantitative estimate of drug-likeness (QED) is 0.425. The summed E-state index contributed by atoms with van der Waals surface area (Å²) in [5.74, 6) is -0.261. The van der Waals surface area contributed by atoms with Crippen LogP contribution < -0.4 is 5.32 Å². The molecule has 4 aromatic rings. The first kappa shape index (κ1) is 20.8. The van der Waals surface area contributed by atoms with Crippen molar-refractivity contribution in [1.82, 2.24) is 9.55 Å². The minimum atomic E-state index is -0.261. The van der Waals surface area contributed by atoms with E-state index in [1.807, 2.05) is 57.2 Å². The number of carbonyl (C=O) groups is 2. The van der Waals surface area contributed by atoms with Crippen LogP contribution in [-0.2, 0) is 11.3 Å². The minimum Gasteiger partial charge on any atom is -0.324 e. The predicted molar refractivity (Wildman–Crippen MR) is 124 cm³/mol. The first-order chi connectivity index (χ1) is 14.8. The molecule has 31 heavy (non-hydrogen) atoms. The second-order valence-electron chi connectivity index (χ2n) is 7.67. The van der Waals surface area contributed by atoms with Crippen LogP contribution in [0, 0.1) is 20.8 Å². The van der Waals surface area contributed by atoms with Crippen LogP contribution in [0.1, 0.15) is 32.9 Å². The van der Waals surface area contributed by atoms with Crippen molar-refractivity contribution in [3.8, 4) is 0 Å². The van der Waals surface area contributed by atoms with Crippen molar-refractivity contribution >= 4 is 40.0 Å². The molecule has 0 atom stereocenters. The molecule has 0 fully saturated rings. The van der Waals surface area contributed by atoms with E-state index >= 15 is 0 Å². The van der Waals surface area contributed by atoms with E-state index in [0.29, 0.717) is 16.1 Å². The topological polar surface area (TPSA) is 64.0 Å². The first-order valence-electron chi connectivity index (χ1n) is 9.96. The van der Waals surface area contributed by atoms with Crippen LogP contribution in [0.3, 0.4) is 0 Å². The minimum absolute atomic E-state index is 0.0259. The lowest BCUT2D eigenvalue weighted by Gasteiger charge is -2.14. The van der Waals surface area contributed by atoms with E-state index < -0.39 is 0 Å². The molecule has 0 radical (unpaired) electrons. The van der Waals surface area contributed by atoms with Gasteiger partial charge in [0.1, 0.15) is 6.54 Å². The van der Waals surface area contributed by atoms with Gasteiger partial charge in [-0.3, -0.25) is 9.59 Å². The summed E-state index contributed by atoms with van der Waals surface area (Å²) in [4.78, 5) is 30.7. The Kier molecular flexibility index (Phi) is 5.61. The fourth-order valence-corrected chi connectivity index (χ4v) is 3.96. The van der Waals surface area contributed by atoms with E-state index in [1.54, 1.807) is 28.8 Å². The van der Waals surface area contributed by atoms with Crippen molar-refractivity contribution in [3.63, 3.8) is 0 Å². The lowest BCUT2D eigenvalue weighted by Crippen LogP contribution is -2.23. The number of nitrogens with one attached hydrogen (secondary N) is 1. The van der Waals surface area contributed by atoms with Gasteiger partial charge in [0.2, 0.25) is 11.7 Å². The van der Waals surface area contributed by atoms with Crippen LogP contribution in [0.15, 0.2) is 60.7 Å². The number of ketones is 1. The Morgan fingerprint density at radius 1 is 0.968 bits per heavy atom. The highest BCUT2D eigenvalue weighted by Gasteiger charge is 2.21. The maximum absolute atomic E-state index is 13.2. The number of fused-ring (bicyclic) bond motifs is 1. The average Bonchev–Trinajstić information content (AvgIpc) is 3.09. The summed E-state index contributed by atoms with van der Waals surface area (Å²) in [5, 5.41) is 3.56. The zero-order chi connectivity index (χ0) is 22.1. The molecule has 1 aromatic heterocycles. The molecular weight excluding hydrogens is 410 g/mol. The van der Waals surface area contributed by atoms with Crippen molar-refractivity contribution in [2.75, 3.05) is 5.32 Å². The number of carbonyl (C=O) groups excluding carboxylic acids is 2. The molecule has 4 rings (SSSR count). The zero-order valence-corrected chi connectivity index (χ0v) is 18.3. The van der Waals surface area contributed by atoms with E-state index in [9.17, 15) is 9.59 Å². The van der Waals surface area contributed by atoms with Crippen molar-refractivity contribution in [3.05, 3.63) is 93.8 Å². The number of aromatic nitrogens is 2. The number of halogens is 1. The fraction of sp³-hybridized carbons (Fsp3) is 0.160. The van der Waals surface area contributed by atoms with Gasteiger partial charge in [0, 0.05) is 16.3 Å². The lowest BCUT2D eigenvalue weighted by atomic mass is 10.1. The molecule has 0 unspecified atom stereocenters. The molecule has 0 aliphatic carbocycles. The highest BCUT2D eigenvalue weighted by Crippen LogP contribution is 2.23. The number of anilines is 1. The van der Waals surface area contributed by atoms with Crippen LogP contribution in [0.2, 0.25) is 5.02 Å². The molecular formula is C25H22ClN3O2. The Morgan fingerprint density at radius 2 is 1.61 bits per heavy atom. The highest BCUT2D eigenvalue weighted by atomic mass is 35.5. The lowest BCUT2D eigenvalue weighted by molar-refractivity contribution is -0.116. The van der Waals surface area contributed by atoms with Gasteiger partial charge in [-0.1, -0.05) is 41.4 Å². The number of hydrogen-bond acceptors (Lipinski definition) is 3. The summed E-state index contributed by atoms with van der Waals surface area (Å²) in [5.41, 5.74) is 5.79. The fourth-order valence-electron chi connectivity index (χ4n) is 3.84. The number of nitrogens with zero attached hydrogens (tertiary/aromatic N) is 2. The van der Waals surface area contributed by atoms with E-state index in [0.717, 1.165) is 27.9 Å². The Balaban J connectivity index is 1.70. The van der Waals surface area contributed by atoms with Crippen LogP contribution in [0.25, 0.3) is 11.0 Å². The van der Waals surface area contributed by atoms with E-state index in [2.05, 4.69) is 10.3 Å². The third-order valence-corrected chi connectivity index (χ3v) is 5.46. The molecule has 1 heterocycles. The molecule has 6 heteroatoms. The first-order valence-corrected chi connectivity index (χ1v) is 10.3. The molecule has 0 aliphatic heterocycles. The van der Waals surface area contributed by atoms with Crippen LogP contribution in [0.4, 0.5) is 5.69 Å². The second-order valence-corrected chi connectivity index (χ2v) is 8.10. The number of benzene rings is 3. The standard InChI is InChI=1S/C25H22ClN3O2/c1-15-12-16(2)23(17(3)13-15)28-22(30)14-29-21-7-5-4-6-20(21)27-25(29)24(31)18-8-10-19(26)11-9-18/h4-13H,14H2,1-3H3,(H,28,30). The SMILES string of the molecule is Cc1cc(C)c(NC(=O)Cn2c(C(=O)c3ccc(Cl)cc3)nc3ccccc32)c(C)c1. The van der Waals surface area contributed by atoms with Gasteiger partial charge in [-0.05, 0) is 68.3 Å². The maximum Gasteiger partial charge on any atom is 0.244 e. The molecule has 0 aliphatic rings. The largest absolute Gasteiger partial charge is 0.324 e. The number of hydrogen-bond donors (Lipinski definition) is 1. The van der Waals surface area contributed by atoms with Gasteiger partial charge in [-0.2, -0.15) is 0 Å². The number of aryl methyl sites for hydroxylation is 3. The molecule has 1 amide bonds. The Morgan fingerprint density at radius 3 is 2.29 bits per heavy atom. The smallest absolute Gasteiger partial charge is 0.244 e. The molecule has 0 spiro atoms. The van der Waals surface area contributed by atoms with E-state index in [-0.39, 0.29) is 24.1 Å². The van der Waals surface area contributed by atoms with Gasteiger partial charge in [-0.25, -0.2) is 4.98 Å². The third kappa shape index (κ3) is 4.23. The van der Waals surface area contributed by atoms with Crippen LogP contribution >= 0.6 is 11.6 Å². The Labute approximate surface area is 185 Å². The third-order valence-electron chi connectivity index (χ3n) is 5.21. The summed E-state index contributed by atoms with van der Waals surface area (Å²) < 4.78 is 1.67. The summed E-state index contributed by atoms with van der Waals surface area (Å²) in [7, 11) is 0. The average molecular weight is 432 g/mol. The second kappa shape index (κ2) is 8.36. The molecule has 156 valence electrons. The summed E-state index contributed by atoms with van der Waals surface area (Å²) in [6.07, 6.45) is 0. The van der Waals surface area contributed by atoms with Crippen molar-refractivity contribution in [2.24, 2.45) is 0 Å². The monoisotopic (exact) mass is 431 g/mol. The summed E-state index contributed by atoms with van der Waals surface area (Å²) in [6.45, 7) is 5.94. The molecule has 0 bridgehead atoms. The normalized spacial score (nSPS) is 11.0. The van der Waals surface area contributed by atoms with Gasteiger partial charge in [-0.15, -0.1) is 0 Å². The number of imidazole rings is 1. The maximum atomic E-state index is 13.2. The van der Waals surface area contributed by atoms with Crippen molar-refractivity contribution < 1.29 is 9.59 Å². The Bertz CT molecular complexity index is 1280. The Hall–Kier alpha value is -3.44. The molecule has 0 saturated heterocycles. The summed E-state index contributed by atoms with van der Waals surface area (Å²) in [6, 6.07) is 18.1. The van der Waals surface area contributed by atoms with Crippen molar-refractivity contribution in [1.29, 1.82) is 0 Å². The number of rotatable bonds is 5. The zero-order valence-electron chi connectivity index (χ0n) is 17.6. The van der Waals surface area contributed by atoms with Gasteiger partial charge < -0.3 is 9.88 Å². The molecule has 1 N–H and O–H groups in total. The van der Waals surface area contributed by atoms with Crippen LogP contribution in [-0.4, -0.2) is 21.2 Å². The highest BCUT2D eigenvalue weighted by molar-refractivity contribution is 6.30. The van der Waals surface area contributed by atoms with E-state index in [1.165, 1.54) is 0 Å². The predicted octanol–water partition coefficient (Wildman–Crippen LogP) is 5.48. The van der Waals surface area contributed by atoms with E-state index in [4.69, 9.17) is 11.6 Å².